The molecule has 2 heterocycles. The summed E-state index contributed by atoms with van der Waals surface area (Å²) in [6.07, 6.45) is 5.69. The van der Waals surface area contributed by atoms with Gasteiger partial charge in [-0.25, -0.2) is 4.79 Å². The molecule has 3 aliphatic rings. The fourth-order valence-electron chi connectivity index (χ4n) is 6.59. The Hall–Kier alpha value is -3.59. The number of hydrogen-bond donors (Lipinski definition) is 1. The van der Waals surface area contributed by atoms with Gasteiger partial charge in [-0.3, -0.25) is 14.4 Å². The first kappa shape index (κ1) is 32.3. The Bertz CT molecular complexity index is 1260. The number of hydrogen-bond acceptors (Lipinski definition) is 6. The van der Waals surface area contributed by atoms with Gasteiger partial charge in [-0.15, -0.1) is 0 Å². The van der Waals surface area contributed by atoms with Crippen LogP contribution in [0.4, 0.5) is 0 Å². The van der Waals surface area contributed by atoms with Gasteiger partial charge in [0, 0.05) is 37.0 Å². The summed E-state index contributed by atoms with van der Waals surface area (Å²) in [4.78, 5) is 51.7. The fourth-order valence-corrected chi connectivity index (χ4v) is 6.71. The van der Waals surface area contributed by atoms with Gasteiger partial charge in [0.15, 0.2) is 0 Å². The zero-order valence-electron chi connectivity index (χ0n) is 24.7. The summed E-state index contributed by atoms with van der Waals surface area (Å²) in [5.41, 5.74) is 2.49. The highest BCUT2D eigenvalue weighted by Crippen LogP contribution is 2.44. The predicted octanol–water partition coefficient (Wildman–Crippen LogP) is 4.78. The van der Waals surface area contributed by atoms with Gasteiger partial charge < -0.3 is 24.4 Å². The van der Waals surface area contributed by atoms with Crippen LogP contribution in [-0.4, -0.2) is 78.1 Å². The second kappa shape index (κ2) is 15.2. The van der Waals surface area contributed by atoms with E-state index in [1.807, 2.05) is 4.90 Å². The van der Waals surface area contributed by atoms with Crippen molar-refractivity contribution in [2.24, 2.45) is 11.3 Å². The van der Waals surface area contributed by atoms with E-state index in [1.165, 1.54) is 11.1 Å². The molecule has 1 spiro atoms. The van der Waals surface area contributed by atoms with Gasteiger partial charge in [0.25, 0.3) is 6.47 Å². The number of nitrogens with zero attached hydrogens (tertiary/aromatic N) is 2. The molecule has 0 saturated carbocycles. The van der Waals surface area contributed by atoms with Crippen LogP contribution in [0.3, 0.4) is 0 Å². The lowest BCUT2D eigenvalue weighted by atomic mass is 9.76. The number of piperidine rings is 1. The van der Waals surface area contributed by atoms with Gasteiger partial charge in [-0.1, -0.05) is 35.9 Å². The maximum absolute atomic E-state index is 13.4. The van der Waals surface area contributed by atoms with E-state index in [0.717, 1.165) is 32.1 Å². The summed E-state index contributed by atoms with van der Waals surface area (Å²) in [6.45, 7) is 4.10. The first-order chi connectivity index (χ1) is 20.8. The molecule has 2 atom stereocenters. The van der Waals surface area contributed by atoms with E-state index in [-0.39, 0.29) is 42.2 Å². The first-order valence-corrected chi connectivity index (χ1v) is 15.4. The summed E-state index contributed by atoms with van der Waals surface area (Å²) in [5.74, 6) is 0.615. The van der Waals surface area contributed by atoms with Crippen molar-refractivity contribution in [1.82, 2.24) is 9.80 Å². The highest BCUT2D eigenvalue weighted by molar-refractivity contribution is 6.30. The third-order valence-electron chi connectivity index (χ3n) is 8.84. The van der Waals surface area contributed by atoms with E-state index >= 15 is 0 Å². The maximum Gasteiger partial charge on any atom is 0.328 e. The fraction of sp³-hybridized carbons (Fsp3) is 0.515. The standard InChI is InChI=1S/C32H39ClN2O5.CH2O2/c1-2-39-31(38)28-21-32(22-35(28)29(36)8-5-19-40-27-13-11-26(33)12-14-27)15-17-34(18-16-32)30(37)25-10-9-23-6-3-4-7-24(23)20-25;2-1-3/h3-4,6-7,11-14,25,28H,2,5,8-10,15-22H2,1H3;1H,(H,2,3). The third kappa shape index (κ3) is 8.28. The number of halogens is 1. The number of likely N-dealkylation sites (tertiary alicyclic amines) is 2. The molecule has 2 aromatic rings. The zero-order valence-corrected chi connectivity index (χ0v) is 25.5. The van der Waals surface area contributed by atoms with Gasteiger partial charge in [0.2, 0.25) is 11.8 Å². The minimum atomic E-state index is -0.568. The van der Waals surface area contributed by atoms with Crippen LogP contribution < -0.4 is 4.74 Å². The Labute approximate surface area is 258 Å². The minimum absolute atomic E-state index is 0.0352. The van der Waals surface area contributed by atoms with Gasteiger partial charge in [0.05, 0.1) is 13.2 Å². The van der Waals surface area contributed by atoms with Crippen LogP contribution in [0.1, 0.15) is 56.6 Å². The number of esters is 1. The summed E-state index contributed by atoms with van der Waals surface area (Å²) in [6, 6.07) is 15.0. The lowest BCUT2D eigenvalue weighted by molar-refractivity contribution is -0.153. The molecule has 2 aromatic carbocycles. The van der Waals surface area contributed by atoms with Crippen LogP contribution in [0.15, 0.2) is 48.5 Å². The lowest BCUT2D eigenvalue weighted by Gasteiger charge is -2.40. The Kier molecular flexibility index (Phi) is 11.4. The number of carbonyl (C=O) groups is 4. The second-order valence-corrected chi connectivity index (χ2v) is 12.0. The van der Waals surface area contributed by atoms with Crippen molar-refractivity contribution < 1.29 is 33.8 Å². The number of carbonyl (C=O) groups excluding carboxylic acids is 3. The number of aryl methyl sites for hydroxylation is 1. The molecule has 10 heteroatoms. The minimum Gasteiger partial charge on any atom is -0.494 e. The van der Waals surface area contributed by atoms with E-state index < -0.39 is 6.04 Å². The number of fused-ring (bicyclic) bond motifs is 1. The molecule has 2 amide bonds. The Morgan fingerprint density at radius 2 is 1.74 bits per heavy atom. The van der Waals surface area contributed by atoms with Gasteiger partial charge in [0.1, 0.15) is 11.8 Å². The second-order valence-electron chi connectivity index (χ2n) is 11.5. The van der Waals surface area contributed by atoms with E-state index in [2.05, 4.69) is 24.3 Å². The van der Waals surface area contributed by atoms with Crippen LogP contribution in [0.2, 0.25) is 5.02 Å². The van der Waals surface area contributed by atoms with E-state index in [9.17, 15) is 14.4 Å². The topological polar surface area (TPSA) is 113 Å². The molecule has 0 bridgehead atoms. The molecular formula is C33H41ClN2O7. The predicted molar refractivity (Wildman–Crippen MR) is 162 cm³/mol. The average molecular weight is 613 g/mol. The van der Waals surface area contributed by atoms with Gasteiger partial charge >= 0.3 is 5.97 Å². The SMILES string of the molecule is CCOC(=O)C1CC2(CCN(C(=O)C3CCc4ccccc4C3)CC2)CN1C(=O)CCCOc1ccc(Cl)cc1.O=CO. The maximum atomic E-state index is 13.4. The van der Waals surface area contributed by atoms with Crippen molar-refractivity contribution in [3.8, 4) is 5.75 Å². The smallest absolute Gasteiger partial charge is 0.328 e. The number of ether oxygens (including phenoxy) is 2. The number of amides is 2. The number of carboxylic acid groups (broad SMARTS) is 1. The number of rotatable bonds is 8. The zero-order chi connectivity index (χ0) is 30.8. The molecule has 2 saturated heterocycles. The highest BCUT2D eigenvalue weighted by atomic mass is 35.5. The van der Waals surface area contributed by atoms with Crippen molar-refractivity contribution in [2.75, 3.05) is 32.8 Å². The number of benzene rings is 2. The molecule has 9 nitrogen and oxygen atoms in total. The molecule has 5 rings (SSSR count). The summed E-state index contributed by atoms with van der Waals surface area (Å²) in [7, 11) is 0. The monoisotopic (exact) mass is 612 g/mol. The lowest BCUT2D eigenvalue weighted by Crippen LogP contribution is -2.47. The molecule has 1 aliphatic carbocycles. The van der Waals surface area contributed by atoms with E-state index in [1.54, 1.807) is 36.1 Å². The molecule has 0 radical (unpaired) electrons. The third-order valence-corrected chi connectivity index (χ3v) is 9.09. The summed E-state index contributed by atoms with van der Waals surface area (Å²) in [5, 5.41) is 7.53. The Morgan fingerprint density at radius 1 is 1.07 bits per heavy atom. The van der Waals surface area contributed by atoms with Crippen molar-refractivity contribution >= 4 is 35.9 Å². The first-order valence-electron chi connectivity index (χ1n) is 15.1. The normalized spacial score (nSPS) is 20.4. The average Bonchev–Trinajstić information content (AvgIpc) is 3.39. The highest BCUT2D eigenvalue weighted by Gasteiger charge is 2.50. The summed E-state index contributed by atoms with van der Waals surface area (Å²) < 4.78 is 11.1. The van der Waals surface area contributed by atoms with E-state index in [4.69, 9.17) is 31.0 Å². The molecule has 0 aromatic heterocycles. The molecule has 232 valence electrons. The van der Waals surface area contributed by atoms with Crippen LogP contribution in [0, 0.1) is 11.3 Å². The Balaban J connectivity index is 0.00000135. The Morgan fingerprint density at radius 3 is 2.42 bits per heavy atom. The molecule has 1 N–H and O–H groups in total. The molecule has 2 unspecified atom stereocenters. The summed E-state index contributed by atoms with van der Waals surface area (Å²) >= 11 is 5.92. The van der Waals surface area contributed by atoms with Crippen molar-refractivity contribution in [1.29, 1.82) is 0 Å². The van der Waals surface area contributed by atoms with Crippen molar-refractivity contribution in [3.05, 3.63) is 64.7 Å². The van der Waals surface area contributed by atoms with Crippen LogP contribution in [0.5, 0.6) is 5.75 Å². The molecule has 2 aliphatic heterocycles. The van der Waals surface area contributed by atoms with Crippen molar-refractivity contribution in [3.63, 3.8) is 0 Å². The van der Waals surface area contributed by atoms with Crippen molar-refractivity contribution in [2.45, 2.75) is 64.3 Å². The largest absolute Gasteiger partial charge is 0.494 e. The molecule has 2 fully saturated rings. The van der Waals surface area contributed by atoms with E-state index in [0.29, 0.717) is 56.3 Å². The molecule has 43 heavy (non-hydrogen) atoms. The molecular weight excluding hydrogens is 572 g/mol. The van der Waals surface area contributed by atoms with Gasteiger partial charge in [-0.2, -0.15) is 0 Å². The quantitative estimate of drug-likeness (QED) is 0.259. The van der Waals surface area contributed by atoms with Crippen LogP contribution >= 0.6 is 11.6 Å². The van der Waals surface area contributed by atoms with Crippen LogP contribution in [-0.2, 0) is 36.8 Å². The van der Waals surface area contributed by atoms with Gasteiger partial charge in [-0.05, 0) is 92.7 Å². The van der Waals surface area contributed by atoms with Crippen LogP contribution in [0.25, 0.3) is 0 Å².